The number of amides is 1. The van der Waals surface area contributed by atoms with Crippen LogP contribution in [0.1, 0.15) is 22.5 Å². The molecule has 1 amide bonds. The Labute approximate surface area is 111 Å². The van der Waals surface area contributed by atoms with Gasteiger partial charge >= 0.3 is 5.97 Å². The van der Waals surface area contributed by atoms with Crippen LogP contribution in [0.2, 0.25) is 0 Å². The summed E-state index contributed by atoms with van der Waals surface area (Å²) in [4.78, 5) is 26.5. The summed E-state index contributed by atoms with van der Waals surface area (Å²) in [6.07, 6.45) is 1.66. The van der Waals surface area contributed by atoms with Crippen molar-refractivity contribution >= 4 is 11.9 Å². The van der Waals surface area contributed by atoms with Gasteiger partial charge in [-0.3, -0.25) is 14.5 Å². The van der Waals surface area contributed by atoms with Crippen LogP contribution in [0.3, 0.4) is 0 Å². The Morgan fingerprint density at radius 1 is 1.32 bits per heavy atom. The molecule has 0 spiro atoms. The molecule has 0 bridgehead atoms. The van der Waals surface area contributed by atoms with Crippen molar-refractivity contribution in [3.8, 4) is 0 Å². The van der Waals surface area contributed by atoms with Crippen molar-refractivity contribution in [1.82, 2.24) is 9.80 Å². The van der Waals surface area contributed by atoms with Gasteiger partial charge in [0, 0.05) is 38.3 Å². The minimum Gasteiger partial charge on any atom is -0.481 e. The Morgan fingerprint density at radius 2 is 2.00 bits per heavy atom. The van der Waals surface area contributed by atoms with Crippen molar-refractivity contribution in [2.24, 2.45) is 0 Å². The van der Waals surface area contributed by atoms with E-state index < -0.39 is 5.97 Å². The molecule has 1 N–H and O–H groups in total. The van der Waals surface area contributed by atoms with Gasteiger partial charge in [-0.1, -0.05) is 0 Å². The lowest BCUT2D eigenvalue weighted by Gasteiger charge is -2.34. The molecular formula is C13H18N2O4. The van der Waals surface area contributed by atoms with Gasteiger partial charge in [-0.15, -0.1) is 0 Å². The number of rotatable bonds is 4. The second-order valence-electron chi connectivity index (χ2n) is 4.71. The first-order valence-corrected chi connectivity index (χ1v) is 6.35. The first-order chi connectivity index (χ1) is 9.08. The topological polar surface area (TPSA) is 74.0 Å². The lowest BCUT2D eigenvalue weighted by atomic mass is 10.2. The summed E-state index contributed by atoms with van der Waals surface area (Å²) in [6, 6.07) is 1.77. The van der Waals surface area contributed by atoms with Crippen LogP contribution in [0.5, 0.6) is 0 Å². The van der Waals surface area contributed by atoms with E-state index in [1.54, 1.807) is 11.0 Å². The maximum absolute atomic E-state index is 12.2. The molecule has 2 heterocycles. The summed E-state index contributed by atoms with van der Waals surface area (Å²) < 4.78 is 5.20. The van der Waals surface area contributed by atoms with Gasteiger partial charge in [0.25, 0.3) is 5.91 Å². The Morgan fingerprint density at radius 3 is 2.53 bits per heavy atom. The zero-order valence-corrected chi connectivity index (χ0v) is 11.0. The molecule has 1 aliphatic heterocycles. The third-order valence-corrected chi connectivity index (χ3v) is 3.36. The lowest BCUT2D eigenvalue weighted by molar-refractivity contribution is -0.137. The maximum Gasteiger partial charge on any atom is 0.304 e. The summed E-state index contributed by atoms with van der Waals surface area (Å²) in [5, 5.41) is 8.64. The van der Waals surface area contributed by atoms with Gasteiger partial charge in [0.15, 0.2) is 5.76 Å². The number of carboxylic acid groups (broad SMARTS) is 1. The largest absolute Gasteiger partial charge is 0.481 e. The van der Waals surface area contributed by atoms with E-state index in [4.69, 9.17) is 9.52 Å². The average molecular weight is 266 g/mol. The fraction of sp³-hybridized carbons (Fsp3) is 0.538. The highest BCUT2D eigenvalue weighted by molar-refractivity contribution is 5.92. The van der Waals surface area contributed by atoms with Crippen LogP contribution in [0.4, 0.5) is 0 Å². The summed E-state index contributed by atoms with van der Waals surface area (Å²) in [6.45, 7) is 5.02. The van der Waals surface area contributed by atoms with Gasteiger partial charge in [0.2, 0.25) is 0 Å². The summed E-state index contributed by atoms with van der Waals surface area (Å²) in [5.41, 5.74) is 0.846. The number of hydrogen-bond donors (Lipinski definition) is 1. The molecule has 1 saturated heterocycles. The van der Waals surface area contributed by atoms with E-state index in [9.17, 15) is 9.59 Å². The van der Waals surface area contributed by atoms with Crippen molar-refractivity contribution < 1.29 is 19.1 Å². The molecule has 6 heteroatoms. The number of carbonyl (C=O) groups excluding carboxylic acids is 1. The molecule has 1 aliphatic rings. The van der Waals surface area contributed by atoms with Crippen LogP contribution in [0.25, 0.3) is 0 Å². The number of furan rings is 1. The maximum atomic E-state index is 12.2. The fourth-order valence-electron chi connectivity index (χ4n) is 2.16. The van der Waals surface area contributed by atoms with Crippen molar-refractivity contribution in [3.05, 3.63) is 23.7 Å². The highest BCUT2D eigenvalue weighted by atomic mass is 16.4. The Bertz CT molecular complexity index is 461. The third-order valence-electron chi connectivity index (χ3n) is 3.36. The van der Waals surface area contributed by atoms with Crippen molar-refractivity contribution in [2.45, 2.75) is 13.3 Å². The molecule has 0 atom stereocenters. The van der Waals surface area contributed by atoms with Crippen LogP contribution >= 0.6 is 0 Å². The molecule has 0 radical (unpaired) electrons. The molecule has 0 unspecified atom stereocenters. The summed E-state index contributed by atoms with van der Waals surface area (Å²) in [7, 11) is 0. The molecule has 0 aromatic carbocycles. The van der Waals surface area contributed by atoms with Crippen molar-refractivity contribution in [3.63, 3.8) is 0 Å². The van der Waals surface area contributed by atoms with Gasteiger partial charge in [0.05, 0.1) is 12.7 Å². The predicted octanol–water partition coefficient (Wildman–Crippen LogP) is 0.821. The Balaban J connectivity index is 1.85. The number of nitrogens with zero attached hydrogens (tertiary/aromatic N) is 2. The molecule has 2 rings (SSSR count). The molecule has 6 nitrogen and oxygen atoms in total. The van der Waals surface area contributed by atoms with Crippen LogP contribution in [-0.4, -0.2) is 59.5 Å². The monoisotopic (exact) mass is 266 g/mol. The molecular weight excluding hydrogens is 248 g/mol. The van der Waals surface area contributed by atoms with Crippen LogP contribution in [-0.2, 0) is 4.79 Å². The first-order valence-electron chi connectivity index (χ1n) is 6.35. The third kappa shape index (κ3) is 3.35. The number of carbonyl (C=O) groups is 2. The van der Waals surface area contributed by atoms with Crippen LogP contribution in [0.15, 0.2) is 16.7 Å². The predicted molar refractivity (Wildman–Crippen MR) is 68.0 cm³/mol. The minimum absolute atomic E-state index is 0.0830. The van der Waals surface area contributed by atoms with Crippen LogP contribution < -0.4 is 0 Å². The van der Waals surface area contributed by atoms with Gasteiger partial charge in [0.1, 0.15) is 0 Å². The molecule has 0 saturated carbocycles. The van der Waals surface area contributed by atoms with Crippen molar-refractivity contribution in [1.29, 1.82) is 0 Å². The average Bonchev–Trinajstić information content (AvgIpc) is 2.82. The van der Waals surface area contributed by atoms with E-state index in [1.807, 2.05) is 6.92 Å². The highest BCUT2D eigenvalue weighted by Gasteiger charge is 2.24. The highest BCUT2D eigenvalue weighted by Crippen LogP contribution is 2.13. The van der Waals surface area contributed by atoms with E-state index in [0.29, 0.717) is 38.5 Å². The van der Waals surface area contributed by atoms with E-state index in [1.165, 1.54) is 6.26 Å². The van der Waals surface area contributed by atoms with Gasteiger partial charge < -0.3 is 14.4 Å². The standard InChI is InChI=1S/C13H18N2O4/c1-10-3-9-19-12(10)13(18)15-7-5-14(6-8-15)4-2-11(16)17/h3,9H,2,4-8H2,1H3,(H,16,17). The molecule has 19 heavy (non-hydrogen) atoms. The van der Waals surface area contributed by atoms with Gasteiger partial charge in [-0.2, -0.15) is 0 Å². The van der Waals surface area contributed by atoms with Crippen LogP contribution in [0, 0.1) is 6.92 Å². The minimum atomic E-state index is -0.787. The Hall–Kier alpha value is -1.82. The van der Waals surface area contributed by atoms with E-state index >= 15 is 0 Å². The summed E-state index contributed by atoms with van der Waals surface area (Å²) >= 11 is 0. The zero-order valence-electron chi connectivity index (χ0n) is 11.0. The SMILES string of the molecule is Cc1ccoc1C(=O)N1CCN(CCC(=O)O)CC1. The lowest BCUT2D eigenvalue weighted by Crippen LogP contribution is -2.49. The molecule has 0 aliphatic carbocycles. The van der Waals surface area contributed by atoms with E-state index in [2.05, 4.69) is 4.90 Å². The van der Waals surface area contributed by atoms with E-state index in [-0.39, 0.29) is 12.3 Å². The number of aliphatic carboxylic acids is 1. The smallest absolute Gasteiger partial charge is 0.304 e. The zero-order chi connectivity index (χ0) is 13.8. The van der Waals surface area contributed by atoms with Gasteiger partial charge in [-0.05, 0) is 13.0 Å². The Kier molecular flexibility index (Phi) is 4.21. The number of piperazine rings is 1. The molecule has 1 fully saturated rings. The number of aryl methyl sites for hydroxylation is 1. The summed E-state index contributed by atoms with van der Waals surface area (Å²) in [5.74, 6) is -0.468. The van der Waals surface area contributed by atoms with E-state index in [0.717, 1.165) is 5.56 Å². The number of carboxylic acids is 1. The quantitative estimate of drug-likeness (QED) is 0.873. The second-order valence-corrected chi connectivity index (χ2v) is 4.71. The molecule has 104 valence electrons. The fourth-order valence-corrected chi connectivity index (χ4v) is 2.16. The second kappa shape index (κ2) is 5.88. The molecule has 1 aromatic heterocycles. The normalized spacial score (nSPS) is 16.6. The first kappa shape index (κ1) is 13.6. The van der Waals surface area contributed by atoms with Gasteiger partial charge in [-0.25, -0.2) is 0 Å². The number of hydrogen-bond acceptors (Lipinski definition) is 4. The molecule has 1 aromatic rings. The van der Waals surface area contributed by atoms with Crippen molar-refractivity contribution in [2.75, 3.05) is 32.7 Å².